The molecule has 0 aliphatic heterocycles. The van der Waals surface area contributed by atoms with Crippen molar-refractivity contribution in [2.45, 2.75) is 49.8 Å². The maximum atomic E-state index is 12.7. The number of Topliss-reactive ketones (excluding diaryl/α,β-unsaturated/α-hetero) is 2. The van der Waals surface area contributed by atoms with E-state index in [9.17, 15) is 19.2 Å². The van der Waals surface area contributed by atoms with Crippen LogP contribution < -0.4 is 0 Å². The number of rotatable bonds is 8. The molecule has 2 aromatic carbocycles. The molecule has 0 amide bonds. The van der Waals surface area contributed by atoms with Crippen LogP contribution in [-0.2, 0) is 25.7 Å². The number of nitrogens with zero attached hydrogens (tertiary/aromatic N) is 2. The summed E-state index contributed by atoms with van der Waals surface area (Å²) < 4.78 is 0. The predicted octanol–water partition coefficient (Wildman–Crippen LogP) is 4.40. The molecule has 2 aromatic rings. The second-order valence-corrected chi connectivity index (χ2v) is 8.42. The summed E-state index contributed by atoms with van der Waals surface area (Å²) in [5.41, 5.74) is 2.20. The molecule has 1 aliphatic rings. The van der Waals surface area contributed by atoms with Crippen LogP contribution in [0.25, 0.3) is 0 Å². The number of benzene rings is 2. The number of hydrogen-bond acceptors (Lipinski definition) is 9. The monoisotopic (exact) mass is 466 g/mol. The van der Waals surface area contributed by atoms with Crippen molar-refractivity contribution in [2.24, 2.45) is 10.3 Å². The Labute approximate surface area is 195 Å². The molecule has 0 unspecified atom stereocenters. The second-order valence-electron chi connectivity index (χ2n) is 7.27. The van der Waals surface area contributed by atoms with Gasteiger partial charge in [0, 0.05) is 41.2 Å². The van der Waals surface area contributed by atoms with E-state index in [2.05, 4.69) is 20.0 Å². The van der Waals surface area contributed by atoms with Gasteiger partial charge < -0.3 is 9.68 Å². The molecular formula is C24H22N2O6S. The van der Waals surface area contributed by atoms with Crippen molar-refractivity contribution >= 4 is 46.7 Å². The normalized spacial score (nSPS) is 14.2. The van der Waals surface area contributed by atoms with E-state index in [1.807, 2.05) is 31.2 Å². The first kappa shape index (κ1) is 24.1. The molecule has 0 atom stereocenters. The fourth-order valence-electron chi connectivity index (χ4n) is 3.14. The minimum absolute atomic E-state index is 0.197. The summed E-state index contributed by atoms with van der Waals surface area (Å²) in [6.07, 6.45) is 1.39. The molecule has 0 heterocycles. The van der Waals surface area contributed by atoms with Gasteiger partial charge in [0.25, 0.3) is 0 Å². The lowest BCUT2D eigenvalue weighted by Gasteiger charge is -2.07. The third-order valence-electron chi connectivity index (χ3n) is 4.61. The Kier molecular flexibility index (Phi) is 7.89. The summed E-state index contributed by atoms with van der Waals surface area (Å²) in [5, 5.41) is 7.35. The highest BCUT2D eigenvalue weighted by molar-refractivity contribution is 7.99. The Balaban J connectivity index is 1.72. The molecule has 0 N–H and O–H groups in total. The van der Waals surface area contributed by atoms with Crippen molar-refractivity contribution in [1.82, 2.24) is 0 Å². The number of carbonyl (C=O) groups is 4. The first-order valence-electron chi connectivity index (χ1n) is 10.3. The van der Waals surface area contributed by atoms with E-state index < -0.39 is 11.9 Å². The zero-order valence-corrected chi connectivity index (χ0v) is 19.2. The lowest BCUT2D eigenvalue weighted by Crippen LogP contribution is -2.15. The average Bonchev–Trinajstić information content (AvgIpc) is 3.10. The van der Waals surface area contributed by atoms with Gasteiger partial charge in [-0.25, -0.2) is 9.59 Å². The van der Waals surface area contributed by atoms with Crippen LogP contribution in [0, 0.1) is 0 Å². The van der Waals surface area contributed by atoms with Crippen molar-refractivity contribution in [3.63, 3.8) is 0 Å². The van der Waals surface area contributed by atoms with Gasteiger partial charge in [-0.3, -0.25) is 9.59 Å². The van der Waals surface area contributed by atoms with Crippen LogP contribution in [0.3, 0.4) is 0 Å². The van der Waals surface area contributed by atoms with Gasteiger partial charge in [-0.2, -0.15) is 0 Å². The maximum Gasteiger partial charge on any atom is 0.331 e. The van der Waals surface area contributed by atoms with Crippen LogP contribution in [0.2, 0.25) is 0 Å². The molecule has 9 heteroatoms. The number of fused-ring (bicyclic) bond motifs is 1. The topological polar surface area (TPSA) is 111 Å². The number of oxime groups is 2. The van der Waals surface area contributed by atoms with E-state index in [1.54, 1.807) is 18.2 Å². The third kappa shape index (κ3) is 6.23. The average molecular weight is 467 g/mol. The fraction of sp³-hybridized carbons (Fsp3) is 0.250. The highest BCUT2D eigenvalue weighted by atomic mass is 32.2. The summed E-state index contributed by atoms with van der Waals surface area (Å²) in [6.45, 7) is 4.36. The first-order valence-corrected chi connectivity index (χ1v) is 11.1. The van der Waals surface area contributed by atoms with Crippen LogP contribution in [0.1, 0.15) is 59.9 Å². The Morgan fingerprint density at radius 1 is 0.970 bits per heavy atom. The Bertz CT molecular complexity index is 1170. The minimum Gasteiger partial charge on any atom is -0.318 e. The zero-order valence-electron chi connectivity index (χ0n) is 18.4. The van der Waals surface area contributed by atoms with E-state index in [4.69, 9.17) is 0 Å². The standard InChI is InChI=1S/C24H22N2O6S/c1-4-5-21(25-31-14(2)27)23(29)16-6-8-18(9-7-16)33-19-10-11-20-17(12-19)13-22(24(20)30)26-32-15(3)28/h6-12H,4-5,13H2,1-3H3/b25-21+,26-22?. The lowest BCUT2D eigenvalue weighted by molar-refractivity contribution is -0.141. The summed E-state index contributed by atoms with van der Waals surface area (Å²) >= 11 is 1.48. The van der Waals surface area contributed by atoms with Crippen molar-refractivity contribution in [1.29, 1.82) is 0 Å². The van der Waals surface area contributed by atoms with Crippen LogP contribution in [-0.4, -0.2) is 34.9 Å². The van der Waals surface area contributed by atoms with Crippen LogP contribution >= 0.6 is 11.8 Å². The smallest absolute Gasteiger partial charge is 0.318 e. The van der Waals surface area contributed by atoms with Gasteiger partial charge in [-0.05, 0) is 54.4 Å². The van der Waals surface area contributed by atoms with Gasteiger partial charge in [0.2, 0.25) is 11.6 Å². The number of hydrogen-bond donors (Lipinski definition) is 0. The SMILES string of the molecule is CCC/C(=N\OC(C)=O)C(=O)c1ccc(Sc2ccc3c(c2)CC(=NOC(C)=O)C3=O)cc1. The molecule has 0 saturated heterocycles. The number of carbonyl (C=O) groups excluding carboxylic acids is 4. The lowest BCUT2D eigenvalue weighted by atomic mass is 10.0. The van der Waals surface area contributed by atoms with Crippen LogP contribution in [0.5, 0.6) is 0 Å². The predicted molar refractivity (Wildman–Crippen MR) is 123 cm³/mol. The van der Waals surface area contributed by atoms with Crippen LogP contribution in [0.4, 0.5) is 0 Å². The van der Waals surface area contributed by atoms with Crippen molar-refractivity contribution in [2.75, 3.05) is 0 Å². The maximum absolute atomic E-state index is 12.7. The molecule has 1 aliphatic carbocycles. The first-order chi connectivity index (χ1) is 15.8. The van der Waals surface area contributed by atoms with E-state index in [0.29, 0.717) is 30.4 Å². The quantitative estimate of drug-likeness (QED) is 0.245. The van der Waals surface area contributed by atoms with E-state index in [0.717, 1.165) is 15.4 Å². The van der Waals surface area contributed by atoms with Crippen molar-refractivity contribution < 1.29 is 28.9 Å². The molecule has 33 heavy (non-hydrogen) atoms. The highest BCUT2D eigenvalue weighted by Crippen LogP contribution is 2.32. The molecular weight excluding hydrogens is 444 g/mol. The molecule has 0 spiro atoms. The van der Waals surface area contributed by atoms with Gasteiger partial charge in [-0.15, -0.1) is 0 Å². The van der Waals surface area contributed by atoms with Gasteiger partial charge in [0.15, 0.2) is 0 Å². The Morgan fingerprint density at radius 2 is 1.64 bits per heavy atom. The molecule has 0 saturated carbocycles. The highest BCUT2D eigenvalue weighted by Gasteiger charge is 2.27. The Morgan fingerprint density at radius 3 is 2.27 bits per heavy atom. The van der Waals surface area contributed by atoms with E-state index in [1.165, 1.54) is 25.6 Å². The number of ketones is 2. The molecule has 0 aromatic heterocycles. The molecule has 170 valence electrons. The van der Waals surface area contributed by atoms with Gasteiger partial charge in [0.05, 0.1) is 0 Å². The second kappa shape index (κ2) is 10.8. The van der Waals surface area contributed by atoms with Crippen LogP contribution in [0.15, 0.2) is 62.6 Å². The van der Waals surface area contributed by atoms with Gasteiger partial charge >= 0.3 is 11.9 Å². The zero-order chi connectivity index (χ0) is 24.0. The van der Waals surface area contributed by atoms with Gasteiger partial charge in [0.1, 0.15) is 11.4 Å². The molecule has 8 nitrogen and oxygen atoms in total. The van der Waals surface area contributed by atoms with E-state index in [-0.39, 0.29) is 23.0 Å². The van der Waals surface area contributed by atoms with E-state index >= 15 is 0 Å². The molecule has 0 radical (unpaired) electrons. The summed E-state index contributed by atoms with van der Waals surface area (Å²) in [5.74, 6) is -1.69. The van der Waals surface area contributed by atoms with Gasteiger partial charge in [-0.1, -0.05) is 35.4 Å². The largest absolute Gasteiger partial charge is 0.331 e. The van der Waals surface area contributed by atoms with Crippen molar-refractivity contribution in [3.05, 3.63) is 59.2 Å². The fourth-order valence-corrected chi connectivity index (χ4v) is 4.03. The Hall–Kier alpha value is -3.59. The molecule has 0 bridgehead atoms. The molecule has 0 fully saturated rings. The summed E-state index contributed by atoms with van der Waals surface area (Å²) in [4.78, 5) is 58.1. The third-order valence-corrected chi connectivity index (χ3v) is 5.61. The van der Waals surface area contributed by atoms with Crippen molar-refractivity contribution in [3.8, 4) is 0 Å². The minimum atomic E-state index is -0.580. The summed E-state index contributed by atoms with van der Waals surface area (Å²) in [7, 11) is 0. The summed E-state index contributed by atoms with van der Waals surface area (Å²) in [6, 6.07) is 12.5. The molecule has 3 rings (SSSR count).